The molecule has 0 aromatic heterocycles. The Kier molecular flexibility index (Phi) is 8.47. The molecule has 168 valence electrons. The lowest BCUT2D eigenvalue weighted by molar-refractivity contribution is -0.143. The normalized spacial score (nSPS) is 15.6. The first-order valence-electron chi connectivity index (χ1n) is 9.59. The van der Waals surface area contributed by atoms with E-state index in [0.717, 1.165) is 12.1 Å². The first-order valence-corrected chi connectivity index (χ1v) is 9.59. The highest BCUT2D eigenvalue weighted by Crippen LogP contribution is 2.15. The van der Waals surface area contributed by atoms with Crippen LogP contribution in [0.25, 0.3) is 0 Å². The highest BCUT2D eigenvalue weighted by atomic mass is 19.1. The topological polar surface area (TPSA) is 123 Å². The van der Waals surface area contributed by atoms with Gasteiger partial charge in [-0.1, -0.05) is 0 Å². The smallest absolute Gasteiger partial charge is 0.338 e. The van der Waals surface area contributed by atoms with Gasteiger partial charge in [-0.25, -0.2) is 18.4 Å². The van der Waals surface area contributed by atoms with Crippen molar-refractivity contribution in [3.63, 3.8) is 0 Å². The molecule has 3 amide bonds. The van der Waals surface area contributed by atoms with Crippen molar-refractivity contribution >= 4 is 23.9 Å². The van der Waals surface area contributed by atoms with Crippen LogP contribution in [0, 0.1) is 11.6 Å². The molecule has 1 atom stereocenters. The number of amides is 3. The van der Waals surface area contributed by atoms with Crippen LogP contribution in [-0.2, 0) is 19.1 Å². The van der Waals surface area contributed by atoms with Crippen molar-refractivity contribution in [3.8, 4) is 0 Å². The number of hydrogen-bond donors (Lipinski definition) is 3. The molecule has 1 aliphatic heterocycles. The van der Waals surface area contributed by atoms with Crippen molar-refractivity contribution in [2.24, 2.45) is 0 Å². The molecule has 1 aromatic rings. The van der Waals surface area contributed by atoms with Crippen LogP contribution < -0.4 is 16.0 Å². The molecule has 0 spiro atoms. The zero-order valence-electron chi connectivity index (χ0n) is 17.1. The van der Waals surface area contributed by atoms with E-state index < -0.39 is 41.6 Å². The third-order valence-electron chi connectivity index (χ3n) is 4.26. The van der Waals surface area contributed by atoms with Gasteiger partial charge in [-0.15, -0.1) is 0 Å². The van der Waals surface area contributed by atoms with Gasteiger partial charge in [0.2, 0.25) is 0 Å². The second-order valence-corrected chi connectivity index (χ2v) is 6.58. The SMILES string of the molecule is CCOC(=O)C1=C(COC(=O)CCCNC(=O)c2ccc(F)cc2F)NC(=O)NC1C. The predicted molar refractivity (Wildman–Crippen MR) is 104 cm³/mol. The average molecular weight is 439 g/mol. The van der Waals surface area contributed by atoms with Crippen LogP contribution >= 0.6 is 0 Å². The molecule has 0 fully saturated rings. The Morgan fingerprint density at radius 3 is 2.61 bits per heavy atom. The zero-order valence-corrected chi connectivity index (χ0v) is 17.1. The van der Waals surface area contributed by atoms with E-state index in [0.29, 0.717) is 6.07 Å². The van der Waals surface area contributed by atoms with Gasteiger partial charge in [0.05, 0.1) is 29.5 Å². The maximum Gasteiger partial charge on any atom is 0.338 e. The van der Waals surface area contributed by atoms with Gasteiger partial charge in [0.1, 0.15) is 18.2 Å². The summed E-state index contributed by atoms with van der Waals surface area (Å²) in [6, 6.07) is 1.43. The lowest BCUT2D eigenvalue weighted by Crippen LogP contribution is -2.50. The zero-order chi connectivity index (χ0) is 23.0. The first kappa shape index (κ1) is 23.8. The second kappa shape index (κ2) is 11.0. The number of halogens is 2. The minimum atomic E-state index is -0.985. The van der Waals surface area contributed by atoms with Gasteiger partial charge in [-0.2, -0.15) is 0 Å². The predicted octanol–water partition coefficient (Wildman–Crippen LogP) is 1.54. The van der Waals surface area contributed by atoms with E-state index in [1.807, 2.05) is 0 Å². The summed E-state index contributed by atoms with van der Waals surface area (Å²) in [6.45, 7) is 3.10. The molecule has 2 rings (SSSR count). The number of benzene rings is 1. The fourth-order valence-corrected chi connectivity index (χ4v) is 2.82. The van der Waals surface area contributed by atoms with Gasteiger partial charge in [-0.3, -0.25) is 9.59 Å². The monoisotopic (exact) mass is 439 g/mol. The average Bonchev–Trinajstić information content (AvgIpc) is 2.69. The van der Waals surface area contributed by atoms with E-state index >= 15 is 0 Å². The molecule has 3 N–H and O–H groups in total. The van der Waals surface area contributed by atoms with Gasteiger partial charge in [0.25, 0.3) is 5.91 Å². The Labute approximate surface area is 177 Å². The maximum absolute atomic E-state index is 13.6. The van der Waals surface area contributed by atoms with Crippen molar-refractivity contribution < 1.29 is 37.4 Å². The fraction of sp³-hybridized carbons (Fsp3) is 0.400. The van der Waals surface area contributed by atoms with Crippen LogP contribution in [0.1, 0.15) is 37.0 Å². The fourth-order valence-electron chi connectivity index (χ4n) is 2.82. The highest BCUT2D eigenvalue weighted by molar-refractivity contribution is 5.95. The van der Waals surface area contributed by atoms with Crippen LogP contribution in [0.5, 0.6) is 0 Å². The van der Waals surface area contributed by atoms with Crippen LogP contribution in [0.15, 0.2) is 29.5 Å². The Morgan fingerprint density at radius 2 is 1.94 bits per heavy atom. The Morgan fingerprint density at radius 1 is 1.19 bits per heavy atom. The molecule has 0 bridgehead atoms. The molecular formula is C20H23F2N3O6. The lowest BCUT2D eigenvalue weighted by atomic mass is 10.0. The maximum atomic E-state index is 13.6. The van der Waals surface area contributed by atoms with Crippen LogP contribution in [0.2, 0.25) is 0 Å². The number of rotatable bonds is 9. The molecule has 11 heteroatoms. The lowest BCUT2D eigenvalue weighted by Gasteiger charge is -2.26. The van der Waals surface area contributed by atoms with Gasteiger partial charge >= 0.3 is 18.0 Å². The largest absolute Gasteiger partial charge is 0.463 e. The number of carbonyl (C=O) groups is 4. The van der Waals surface area contributed by atoms with E-state index in [-0.39, 0.29) is 49.4 Å². The number of nitrogens with one attached hydrogen (secondary N) is 3. The standard InChI is InChI=1S/C20H23F2N3O6/c1-3-30-19(28)17-11(2)24-20(29)25-15(17)10-31-16(26)5-4-8-23-18(27)13-7-6-12(21)9-14(13)22/h6-7,9,11H,3-5,8,10H2,1-2H3,(H,23,27)(H2,24,25,29). The van der Waals surface area contributed by atoms with Crippen molar-refractivity contribution in [1.29, 1.82) is 0 Å². The van der Waals surface area contributed by atoms with E-state index in [9.17, 15) is 28.0 Å². The van der Waals surface area contributed by atoms with E-state index in [2.05, 4.69) is 16.0 Å². The summed E-state index contributed by atoms with van der Waals surface area (Å²) in [7, 11) is 0. The van der Waals surface area contributed by atoms with Gasteiger partial charge in [0.15, 0.2) is 0 Å². The summed E-state index contributed by atoms with van der Waals surface area (Å²) in [5.41, 5.74) is -0.0239. The molecule has 1 unspecified atom stereocenters. The molecule has 9 nitrogen and oxygen atoms in total. The molecule has 0 radical (unpaired) electrons. The van der Waals surface area contributed by atoms with Crippen LogP contribution in [-0.4, -0.2) is 49.7 Å². The molecular weight excluding hydrogens is 416 g/mol. The summed E-state index contributed by atoms with van der Waals surface area (Å²) in [6.07, 6.45) is 0.122. The van der Waals surface area contributed by atoms with Gasteiger partial charge < -0.3 is 25.4 Å². The first-order chi connectivity index (χ1) is 14.7. The Balaban J connectivity index is 1.82. The van der Waals surface area contributed by atoms with Crippen LogP contribution in [0.4, 0.5) is 13.6 Å². The van der Waals surface area contributed by atoms with E-state index in [4.69, 9.17) is 9.47 Å². The molecule has 1 aromatic carbocycles. The highest BCUT2D eigenvalue weighted by Gasteiger charge is 2.30. The molecule has 0 saturated heterocycles. The second-order valence-electron chi connectivity index (χ2n) is 6.58. The summed E-state index contributed by atoms with van der Waals surface area (Å²) in [5, 5.41) is 7.38. The molecule has 0 saturated carbocycles. The van der Waals surface area contributed by atoms with Crippen molar-refractivity contribution in [2.45, 2.75) is 32.7 Å². The Hall–Kier alpha value is -3.50. The third kappa shape index (κ3) is 6.76. The van der Waals surface area contributed by atoms with Crippen LogP contribution in [0.3, 0.4) is 0 Å². The minimum absolute atomic E-state index is 0.0548. The van der Waals surface area contributed by atoms with Gasteiger partial charge in [0, 0.05) is 19.0 Å². The number of ether oxygens (including phenoxy) is 2. The summed E-state index contributed by atoms with van der Waals surface area (Å²) in [4.78, 5) is 47.6. The molecule has 1 aliphatic rings. The van der Waals surface area contributed by atoms with Gasteiger partial charge in [-0.05, 0) is 32.4 Å². The summed E-state index contributed by atoms with van der Waals surface area (Å²) < 4.78 is 36.5. The van der Waals surface area contributed by atoms with Crippen molar-refractivity contribution in [2.75, 3.05) is 19.8 Å². The number of esters is 2. The van der Waals surface area contributed by atoms with Crippen molar-refractivity contribution in [1.82, 2.24) is 16.0 Å². The summed E-state index contributed by atoms with van der Waals surface area (Å²) >= 11 is 0. The summed E-state index contributed by atoms with van der Waals surface area (Å²) in [5.74, 6) is -3.78. The molecule has 1 heterocycles. The molecule has 31 heavy (non-hydrogen) atoms. The Bertz CT molecular complexity index is 903. The molecule has 0 aliphatic carbocycles. The van der Waals surface area contributed by atoms with E-state index in [1.165, 1.54) is 0 Å². The van der Waals surface area contributed by atoms with E-state index in [1.54, 1.807) is 13.8 Å². The number of hydrogen-bond acceptors (Lipinski definition) is 6. The van der Waals surface area contributed by atoms with Crippen molar-refractivity contribution in [3.05, 3.63) is 46.7 Å². The minimum Gasteiger partial charge on any atom is -0.463 e. The number of urea groups is 1. The quantitative estimate of drug-likeness (QED) is 0.396. The third-order valence-corrected chi connectivity index (χ3v) is 4.26. The number of carbonyl (C=O) groups excluding carboxylic acids is 4.